The molecule has 3 nitrogen and oxygen atoms in total. The van der Waals surface area contributed by atoms with E-state index in [0.717, 1.165) is 31.2 Å². The lowest BCUT2D eigenvalue weighted by atomic mass is 10.0. The average molecular weight is 303 g/mol. The Labute approximate surface area is 132 Å². The second-order valence-electron chi connectivity index (χ2n) is 5.03. The van der Waals surface area contributed by atoms with Crippen LogP contribution in [-0.4, -0.2) is 18.1 Å². The zero-order valence-corrected chi connectivity index (χ0v) is 14.0. The second-order valence-corrected chi connectivity index (χ2v) is 6.13. The van der Waals surface area contributed by atoms with E-state index in [1.807, 2.05) is 6.20 Å². The lowest BCUT2D eigenvalue weighted by Crippen LogP contribution is -2.21. The van der Waals surface area contributed by atoms with Gasteiger partial charge in [-0.3, -0.25) is 0 Å². The molecule has 0 aliphatic heterocycles. The van der Waals surface area contributed by atoms with E-state index in [9.17, 15) is 0 Å². The van der Waals surface area contributed by atoms with Crippen molar-refractivity contribution in [3.63, 3.8) is 0 Å². The Morgan fingerprint density at radius 2 is 1.86 bits per heavy atom. The molecule has 114 valence electrons. The van der Waals surface area contributed by atoms with E-state index in [1.54, 1.807) is 11.3 Å². The van der Waals surface area contributed by atoms with Crippen LogP contribution in [0.3, 0.4) is 0 Å². The lowest BCUT2D eigenvalue weighted by molar-refractivity contribution is 0.521. The Morgan fingerprint density at radius 1 is 1.14 bits per heavy atom. The molecule has 0 amide bonds. The maximum absolute atomic E-state index is 4.54. The van der Waals surface area contributed by atoms with Crippen molar-refractivity contribution in [3.05, 3.63) is 47.0 Å². The van der Waals surface area contributed by atoms with E-state index in [2.05, 4.69) is 66.3 Å². The first-order valence-electron chi connectivity index (χ1n) is 7.76. The van der Waals surface area contributed by atoms with Gasteiger partial charge in [0.15, 0.2) is 5.13 Å². The highest BCUT2D eigenvalue weighted by Crippen LogP contribution is 2.23. The minimum absolute atomic E-state index is 0.408. The van der Waals surface area contributed by atoms with Gasteiger partial charge >= 0.3 is 0 Å². The molecule has 1 aromatic carbocycles. The second kappa shape index (κ2) is 8.15. The van der Waals surface area contributed by atoms with Gasteiger partial charge in [0.2, 0.25) is 0 Å². The number of hydrogen-bond acceptors (Lipinski definition) is 4. The monoisotopic (exact) mass is 303 g/mol. The lowest BCUT2D eigenvalue weighted by Gasteiger charge is -2.17. The van der Waals surface area contributed by atoms with Gasteiger partial charge in [0, 0.05) is 36.8 Å². The predicted molar refractivity (Wildman–Crippen MR) is 92.0 cm³/mol. The van der Waals surface area contributed by atoms with Gasteiger partial charge in [-0.25, -0.2) is 4.98 Å². The van der Waals surface area contributed by atoms with Crippen molar-refractivity contribution >= 4 is 16.5 Å². The van der Waals surface area contributed by atoms with Gasteiger partial charge in [0.25, 0.3) is 0 Å². The van der Waals surface area contributed by atoms with E-state index in [1.165, 1.54) is 10.4 Å². The first kappa shape index (κ1) is 16.0. The van der Waals surface area contributed by atoms with E-state index in [-0.39, 0.29) is 0 Å². The third-order valence-electron chi connectivity index (χ3n) is 3.71. The summed E-state index contributed by atoms with van der Waals surface area (Å²) in [5, 5.41) is 4.77. The van der Waals surface area contributed by atoms with Crippen molar-refractivity contribution < 1.29 is 0 Å². The molecule has 0 spiro atoms. The Hall–Kier alpha value is -1.39. The topological polar surface area (TPSA) is 28.2 Å². The Balaban J connectivity index is 1.96. The van der Waals surface area contributed by atoms with E-state index < -0.39 is 0 Å². The molecule has 4 heteroatoms. The summed E-state index contributed by atoms with van der Waals surface area (Å²) in [5.41, 5.74) is 1.36. The minimum atomic E-state index is 0.408. The molecule has 1 atom stereocenters. The predicted octanol–water partition coefficient (Wildman–Crippen LogP) is 4.23. The van der Waals surface area contributed by atoms with E-state index in [0.29, 0.717) is 6.04 Å². The van der Waals surface area contributed by atoms with Crippen molar-refractivity contribution in [1.82, 2.24) is 10.3 Å². The van der Waals surface area contributed by atoms with Gasteiger partial charge in [0.1, 0.15) is 0 Å². The van der Waals surface area contributed by atoms with Gasteiger partial charge in [-0.05, 0) is 25.8 Å². The van der Waals surface area contributed by atoms with Crippen LogP contribution in [0.5, 0.6) is 0 Å². The summed E-state index contributed by atoms with van der Waals surface area (Å²) in [5.74, 6) is 0. The molecule has 0 fully saturated rings. The molecule has 1 aromatic heterocycles. The van der Waals surface area contributed by atoms with Gasteiger partial charge in [-0.2, -0.15) is 0 Å². The van der Waals surface area contributed by atoms with Gasteiger partial charge in [-0.1, -0.05) is 37.3 Å². The Morgan fingerprint density at radius 3 is 2.48 bits per heavy atom. The molecule has 0 bridgehead atoms. The summed E-state index contributed by atoms with van der Waals surface area (Å²) in [6.45, 7) is 9.47. The molecule has 0 radical (unpaired) electrons. The quantitative estimate of drug-likeness (QED) is 0.791. The summed E-state index contributed by atoms with van der Waals surface area (Å²) >= 11 is 1.79. The average Bonchev–Trinajstić information content (AvgIpc) is 2.99. The maximum Gasteiger partial charge on any atom is 0.185 e. The molecule has 1 N–H and O–H groups in total. The fourth-order valence-corrected chi connectivity index (χ4v) is 3.41. The number of anilines is 1. The SMILES string of the molecule is CCC(NCc1cnc(N(CC)CC)s1)c1ccccc1. The number of benzene rings is 1. The fourth-order valence-electron chi connectivity index (χ4n) is 2.43. The number of nitrogens with zero attached hydrogens (tertiary/aromatic N) is 2. The summed E-state index contributed by atoms with van der Waals surface area (Å²) in [6.07, 6.45) is 3.09. The van der Waals surface area contributed by atoms with Gasteiger partial charge in [0.05, 0.1) is 0 Å². The minimum Gasteiger partial charge on any atom is -0.349 e. The summed E-state index contributed by atoms with van der Waals surface area (Å²) in [7, 11) is 0. The number of thiazole rings is 1. The molecule has 2 aromatic rings. The number of rotatable bonds is 8. The molecule has 0 saturated heterocycles. The van der Waals surface area contributed by atoms with Crippen LogP contribution in [0.1, 0.15) is 43.7 Å². The number of aromatic nitrogens is 1. The van der Waals surface area contributed by atoms with Crippen LogP contribution >= 0.6 is 11.3 Å². The molecule has 0 aliphatic rings. The molecule has 0 saturated carbocycles. The smallest absolute Gasteiger partial charge is 0.185 e. The largest absolute Gasteiger partial charge is 0.349 e. The highest BCUT2D eigenvalue weighted by Gasteiger charge is 2.11. The zero-order valence-electron chi connectivity index (χ0n) is 13.2. The zero-order chi connectivity index (χ0) is 15.1. The Kier molecular flexibility index (Phi) is 6.21. The molecule has 1 heterocycles. The van der Waals surface area contributed by atoms with Crippen LogP contribution in [0.2, 0.25) is 0 Å². The summed E-state index contributed by atoms with van der Waals surface area (Å²) in [6, 6.07) is 11.1. The van der Waals surface area contributed by atoms with E-state index >= 15 is 0 Å². The molecular formula is C17H25N3S. The number of hydrogen-bond donors (Lipinski definition) is 1. The fraction of sp³-hybridized carbons (Fsp3) is 0.471. The van der Waals surface area contributed by atoms with Crippen molar-refractivity contribution in [1.29, 1.82) is 0 Å². The maximum atomic E-state index is 4.54. The highest BCUT2D eigenvalue weighted by molar-refractivity contribution is 7.15. The van der Waals surface area contributed by atoms with Crippen LogP contribution in [-0.2, 0) is 6.54 Å². The van der Waals surface area contributed by atoms with Crippen LogP contribution in [0.15, 0.2) is 36.5 Å². The molecular weight excluding hydrogens is 278 g/mol. The van der Waals surface area contributed by atoms with Crippen LogP contribution < -0.4 is 10.2 Å². The van der Waals surface area contributed by atoms with Crippen molar-refractivity contribution in [2.75, 3.05) is 18.0 Å². The van der Waals surface area contributed by atoms with Crippen LogP contribution in [0.4, 0.5) is 5.13 Å². The Bertz CT molecular complexity index is 520. The van der Waals surface area contributed by atoms with Crippen LogP contribution in [0.25, 0.3) is 0 Å². The van der Waals surface area contributed by atoms with Crippen molar-refractivity contribution in [2.45, 2.75) is 39.8 Å². The van der Waals surface area contributed by atoms with Crippen molar-refractivity contribution in [3.8, 4) is 0 Å². The molecule has 21 heavy (non-hydrogen) atoms. The molecule has 1 unspecified atom stereocenters. The highest BCUT2D eigenvalue weighted by atomic mass is 32.1. The normalized spacial score (nSPS) is 12.3. The summed E-state index contributed by atoms with van der Waals surface area (Å²) in [4.78, 5) is 8.13. The first-order chi connectivity index (χ1) is 10.3. The van der Waals surface area contributed by atoms with Crippen molar-refractivity contribution in [2.24, 2.45) is 0 Å². The summed E-state index contributed by atoms with van der Waals surface area (Å²) < 4.78 is 0. The third-order valence-corrected chi connectivity index (χ3v) is 4.77. The van der Waals surface area contributed by atoms with E-state index in [4.69, 9.17) is 0 Å². The number of nitrogens with one attached hydrogen (secondary N) is 1. The van der Waals surface area contributed by atoms with Gasteiger partial charge < -0.3 is 10.2 Å². The first-order valence-corrected chi connectivity index (χ1v) is 8.58. The van der Waals surface area contributed by atoms with Gasteiger partial charge in [-0.15, -0.1) is 11.3 Å². The standard InChI is InChI=1S/C17H25N3S/c1-4-16(14-10-8-7-9-11-14)18-12-15-13-19-17(21-15)20(5-2)6-3/h7-11,13,16,18H,4-6,12H2,1-3H3. The molecule has 0 aliphatic carbocycles. The third kappa shape index (κ3) is 4.29. The molecule has 2 rings (SSSR count). The van der Waals surface area contributed by atoms with Crippen LogP contribution in [0, 0.1) is 0 Å².